The lowest BCUT2D eigenvalue weighted by Gasteiger charge is -2.03. The summed E-state index contributed by atoms with van der Waals surface area (Å²) in [5, 5.41) is 6.22. The lowest BCUT2D eigenvalue weighted by molar-refractivity contribution is 0.0907. The summed E-state index contributed by atoms with van der Waals surface area (Å²) in [5.74, 6) is -0.200. The second-order valence-electron chi connectivity index (χ2n) is 5.96. The number of sulfone groups is 1. The molecule has 9 nitrogen and oxygen atoms in total. The topological polar surface area (TPSA) is 121 Å². The molecule has 0 saturated carbocycles. The Morgan fingerprint density at radius 3 is 2.68 bits per heavy atom. The summed E-state index contributed by atoms with van der Waals surface area (Å²) in [7, 11) is -3.63. The predicted octanol–water partition coefficient (Wildman–Crippen LogP) is 1.70. The fraction of sp³-hybridized carbons (Fsp3) is 0.167. The molecule has 1 aliphatic heterocycles. The Morgan fingerprint density at radius 1 is 1.07 bits per heavy atom. The SMILES string of the molecule is O=C(NCc1ccc2c(c1)OCO2)c1nc(CS(=O)(=O)c2ccccc2)no1. The molecule has 0 saturated heterocycles. The first-order valence-electron chi connectivity index (χ1n) is 8.28. The number of benzene rings is 2. The summed E-state index contributed by atoms with van der Waals surface area (Å²) in [6.45, 7) is 0.372. The van der Waals surface area contributed by atoms with Crippen LogP contribution in [0.3, 0.4) is 0 Å². The lowest BCUT2D eigenvalue weighted by Crippen LogP contribution is -2.23. The van der Waals surface area contributed by atoms with E-state index in [9.17, 15) is 13.2 Å². The highest BCUT2D eigenvalue weighted by Gasteiger charge is 2.21. The highest BCUT2D eigenvalue weighted by Crippen LogP contribution is 2.32. The van der Waals surface area contributed by atoms with Gasteiger partial charge in [-0.25, -0.2) is 8.42 Å². The minimum Gasteiger partial charge on any atom is -0.454 e. The first-order valence-corrected chi connectivity index (χ1v) is 9.94. The normalized spacial score (nSPS) is 12.7. The predicted molar refractivity (Wildman–Crippen MR) is 95.4 cm³/mol. The summed E-state index contributed by atoms with van der Waals surface area (Å²) >= 11 is 0. The zero-order valence-electron chi connectivity index (χ0n) is 14.5. The van der Waals surface area contributed by atoms with E-state index in [0.29, 0.717) is 11.5 Å². The van der Waals surface area contributed by atoms with Crippen molar-refractivity contribution in [2.45, 2.75) is 17.2 Å². The van der Waals surface area contributed by atoms with E-state index in [4.69, 9.17) is 14.0 Å². The van der Waals surface area contributed by atoms with Crippen LogP contribution >= 0.6 is 0 Å². The van der Waals surface area contributed by atoms with Crippen molar-refractivity contribution in [1.29, 1.82) is 0 Å². The first-order chi connectivity index (χ1) is 13.5. The van der Waals surface area contributed by atoms with E-state index in [0.717, 1.165) is 5.56 Å². The molecular formula is C18H15N3O6S. The van der Waals surface area contributed by atoms with Gasteiger partial charge in [0.05, 0.1) is 4.90 Å². The zero-order chi connectivity index (χ0) is 19.6. The van der Waals surface area contributed by atoms with E-state index >= 15 is 0 Å². The van der Waals surface area contributed by atoms with Crippen LogP contribution in [0.2, 0.25) is 0 Å². The zero-order valence-corrected chi connectivity index (χ0v) is 15.3. The summed E-state index contributed by atoms with van der Waals surface area (Å²) in [6, 6.07) is 13.2. The van der Waals surface area contributed by atoms with Crippen LogP contribution in [0.25, 0.3) is 0 Å². The van der Waals surface area contributed by atoms with E-state index in [2.05, 4.69) is 15.5 Å². The van der Waals surface area contributed by atoms with Crippen molar-refractivity contribution in [3.8, 4) is 11.5 Å². The maximum Gasteiger partial charge on any atom is 0.315 e. The highest BCUT2D eigenvalue weighted by atomic mass is 32.2. The summed E-state index contributed by atoms with van der Waals surface area (Å²) < 4.78 is 40.1. The summed E-state index contributed by atoms with van der Waals surface area (Å²) in [6.07, 6.45) is 0. The van der Waals surface area contributed by atoms with Gasteiger partial charge in [-0.05, 0) is 29.8 Å². The number of hydrogen-bond donors (Lipinski definition) is 1. The molecule has 1 amide bonds. The third-order valence-electron chi connectivity index (χ3n) is 3.97. The molecular weight excluding hydrogens is 386 g/mol. The monoisotopic (exact) mass is 401 g/mol. The summed E-state index contributed by atoms with van der Waals surface area (Å²) in [4.78, 5) is 16.2. The van der Waals surface area contributed by atoms with Gasteiger partial charge in [0.1, 0.15) is 5.75 Å². The number of amides is 1. The molecule has 1 aromatic heterocycles. The Morgan fingerprint density at radius 2 is 1.86 bits per heavy atom. The largest absolute Gasteiger partial charge is 0.454 e. The molecule has 0 radical (unpaired) electrons. The molecule has 4 rings (SSSR count). The van der Waals surface area contributed by atoms with Gasteiger partial charge in [0.2, 0.25) is 6.79 Å². The van der Waals surface area contributed by atoms with Crippen LogP contribution in [0.15, 0.2) is 57.9 Å². The van der Waals surface area contributed by atoms with Gasteiger partial charge in [-0.15, -0.1) is 0 Å². The fourth-order valence-corrected chi connectivity index (χ4v) is 3.79. The van der Waals surface area contributed by atoms with Crippen LogP contribution in [-0.4, -0.2) is 31.3 Å². The van der Waals surface area contributed by atoms with Crippen molar-refractivity contribution < 1.29 is 27.2 Å². The van der Waals surface area contributed by atoms with Crippen molar-refractivity contribution in [2.24, 2.45) is 0 Å². The van der Waals surface area contributed by atoms with Gasteiger partial charge < -0.3 is 19.3 Å². The maximum absolute atomic E-state index is 12.3. The maximum atomic E-state index is 12.3. The summed E-state index contributed by atoms with van der Waals surface area (Å²) in [5.41, 5.74) is 0.795. The number of carbonyl (C=O) groups excluding carboxylic acids is 1. The number of fused-ring (bicyclic) bond motifs is 1. The van der Waals surface area contributed by atoms with E-state index < -0.39 is 21.5 Å². The third-order valence-corrected chi connectivity index (χ3v) is 5.60. The van der Waals surface area contributed by atoms with Gasteiger partial charge >= 0.3 is 11.8 Å². The van der Waals surface area contributed by atoms with Crippen LogP contribution in [0.5, 0.6) is 11.5 Å². The van der Waals surface area contributed by atoms with Gasteiger partial charge in [0, 0.05) is 6.54 Å². The Labute approximate surface area is 160 Å². The number of aromatic nitrogens is 2. The Kier molecular flexibility index (Phi) is 4.70. The Bertz CT molecular complexity index is 1110. The molecule has 0 fully saturated rings. The van der Waals surface area contributed by atoms with Gasteiger partial charge in [0.25, 0.3) is 0 Å². The Hall–Kier alpha value is -3.40. The smallest absolute Gasteiger partial charge is 0.315 e. The van der Waals surface area contributed by atoms with Gasteiger partial charge in [-0.3, -0.25) is 4.79 Å². The molecule has 0 unspecified atom stereocenters. The second kappa shape index (κ2) is 7.31. The second-order valence-corrected chi connectivity index (χ2v) is 7.95. The van der Waals surface area contributed by atoms with Crippen molar-refractivity contribution in [2.75, 3.05) is 6.79 Å². The number of carbonyl (C=O) groups is 1. The highest BCUT2D eigenvalue weighted by molar-refractivity contribution is 7.90. The molecule has 1 N–H and O–H groups in total. The van der Waals surface area contributed by atoms with Crippen molar-refractivity contribution in [1.82, 2.24) is 15.5 Å². The minimum atomic E-state index is -3.63. The van der Waals surface area contributed by atoms with Gasteiger partial charge in [0.15, 0.2) is 27.2 Å². The molecule has 1 aliphatic rings. The van der Waals surface area contributed by atoms with Crippen LogP contribution < -0.4 is 14.8 Å². The molecule has 0 spiro atoms. The van der Waals surface area contributed by atoms with Crippen molar-refractivity contribution in [3.63, 3.8) is 0 Å². The molecule has 0 bridgehead atoms. The minimum absolute atomic E-state index is 0.0860. The van der Waals surface area contributed by atoms with E-state index in [1.54, 1.807) is 36.4 Å². The molecule has 3 aromatic rings. The number of ether oxygens (including phenoxy) is 2. The van der Waals surface area contributed by atoms with E-state index in [1.807, 2.05) is 0 Å². The van der Waals surface area contributed by atoms with Crippen LogP contribution in [-0.2, 0) is 22.1 Å². The van der Waals surface area contributed by atoms with Crippen LogP contribution in [0.1, 0.15) is 22.1 Å². The van der Waals surface area contributed by atoms with Crippen LogP contribution in [0.4, 0.5) is 0 Å². The number of rotatable bonds is 6. The third kappa shape index (κ3) is 3.81. The molecule has 0 atom stereocenters. The van der Waals surface area contributed by atoms with Crippen molar-refractivity contribution in [3.05, 3.63) is 65.8 Å². The first kappa shape index (κ1) is 18.0. The number of nitrogens with zero attached hydrogens (tertiary/aromatic N) is 2. The molecule has 2 heterocycles. The number of hydrogen-bond acceptors (Lipinski definition) is 8. The molecule has 10 heteroatoms. The lowest BCUT2D eigenvalue weighted by atomic mass is 10.2. The molecule has 28 heavy (non-hydrogen) atoms. The van der Waals surface area contributed by atoms with Crippen LogP contribution in [0, 0.1) is 0 Å². The Balaban J connectivity index is 1.39. The average Bonchev–Trinajstić information content (AvgIpc) is 3.35. The number of nitrogens with one attached hydrogen (secondary N) is 1. The molecule has 0 aliphatic carbocycles. The standard InChI is InChI=1S/C18H15N3O6S/c22-17(19-9-12-6-7-14-15(8-12)26-11-25-14)18-20-16(21-27-18)10-28(23,24)13-4-2-1-3-5-13/h1-8H,9-11H2,(H,19,22). The molecule has 144 valence electrons. The van der Waals surface area contributed by atoms with Gasteiger partial charge in [-0.1, -0.05) is 29.4 Å². The van der Waals surface area contributed by atoms with Crippen molar-refractivity contribution >= 4 is 15.7 Å². The average molecular weight is 401 g/mol. The quantitative estimate of drug-likeness (QED) is 0.663. The van der Waals surface area contributed by atoms with E-state index in [1.165, 1.54) is 12.1 Å². The van der Waals surface area contributed by atoms with E-state index in [-0.39, 0.29) is 29.9 Å². The fourth-order valence-electron chi connectivity index (χ4n) is 2.59. The van der Waals surface area contributed by atoms with Gasteiger partial charge in [-0.2, -0.15) is 4.98 Å². The molecule has 2 aromatic carbocycles.